The highest BCUT2D eigenvalue weighted by Crippen LogP contribution is 2.36. The molecule has 0 unspecified atom stereocenters. The average molecular weight is 367 g/mol. The monoisotopic (exact) mass is 367 g/mol. The molecule has 6 heteroatoms. The Kier molecular flexibility index (Phi) is 5.27. The van der Waals surface area contributed by atoms with E-state index in [-0.39, 0.29) is 0 Å². The molecule has 0 aliphatic heterocycles. The molecule has 1 fully saturated rings. The van der Waals surface area contributed by atoms with E-state index in [1.54, 1.807) is 7.11 Å². The number of rotatable bonds is 6. The lowest BCUT2D eigenvalue weighted by molar-refractivity contribution is 0.120. The maximum atomic E-state index is 5.22. The van der Waals surface area contributed by atoms with Crippen LogP contribution in [0.3, 0.4) is 0 Å². The lowest BCUT2D eigenvalue weighted by Gasteiger charge is -2.34. The third-order valence-corrected chi connectivity index (χ3v) is 6.01. The number of fused-ring (bicyclic) bond motifs is 1. The maximum absolute atomic E-state index is 5.22. The zero-order valence-electron chi connectivity index (χ0n) is 16.5. The molecule has 1 aliphatic carbocycles. The molecule has 0 amide bonds. The molecular weight excluding hydrogens is 338 g/mol. The van der Waals surface area contributed by atoms with Gasteiger partial charge in [0.05, 0.1) is 12.8 Å². The first-order chi connectivity index (χ1) is 13.2. The number of hydrogen-bond acceptors (Lipinski definition) is 4. The van der Waals surface area contributed by atoms with E-state index in [1.165, 1.54) is 42.2 Å². The molecule has 0 bridgehead atoms. The zero-order valence-corrected chi connectivity index (χ0v) is 16.5. The van der Waals surface area contributed by atoms with E-state index in [4.69, 9.17) is 9.72 Å². The molecule has 3 aromatic heterocycles. The van der Waals surface area contributed by atoms with Crippen LogP contribution in [0.5, 0.6) is 0 Å². The van der Waals surface area contributed by atoms with Crippen LogP contribution in [0, 0.1) is 0 Å². The van der Waals surface area contributed by atoms with E-state index in [1.807, 2.05) is 24.1 Å². The van der Waals surface area contributed by atoms with Gasteiger partial charge in [0.15, 0.2) is 0 Å². The van der Waals surface area contributed by atoms with Gasteiger partial charge < -0.3 is 14.6 Å². The molecule has 0 spiro atoms. The largest absolute Gasteiger partial charge is 0.383 e. The Hall–Kier alpha value is -2.18. The summed E-state index contributed by atoms with van der Waals surface area (Å²) in [6.07, 6.45) is 13.0. The minimum absolute atomic E-state index is 0.602. The Morgan fingerprint density at radius 1 is 1.26 bits per heavy atom. The van der Waals surface area contributed by atoms with Gasteiger partial charge in [-0.15, -0.1) is 0 Å². The predicted octanol–water partition coefficient (Wildman–Crippen LogP) is 3.57. The van der Waals surface area contributed by atoms with Gasteiger partial charge in [0.2, 0.25) is 0 Å². The summed E-state index contributed by atoms with van der Waals surface area (Å²) in [5.74, 6) is 0.602. The molecule has 0 saturated heterocycles. The molecule has 6 nitrogen and oxygen atoms in total. The highest BCUT2D eigenvalue weighted by Gasteiger charge is 2.25. The Morgan fingerprint density at radius 2 is 2.07 bits per heavy atom. The van der Waals surface area contributed by atoms with Crippen LogP contribution >= 0.6 is 0 Å². The number of likely N-dealkylation sites (N-methyl/N-ethyl adjacent to an activating group) is 1. The summed E-state index contributed by atoms with van der Waals surface area (Å²) < 4.78 is 7.06. The second-order valence-corrected chi connectivity index (χ2v) is 7.75. The molecule has 3 heterocycles. The van der Waals surface area contributed by atoms with E-state index in [2.05, 4.69) is 40.5 Å². The van der Waals surface area contributed by atoms with Crippen LogP contribution in [0.4, 0.5) is 0 Å². The van der Waals surface area contributed by atoms with Crippen molar-refractivity contribution < 1.29 is 4.74 Å². The number of aryl methyl sites for hydroxylation is 1. The van der Waals surface area contributed by atoms with Crippen molar-refractivity contribution >= 4 is 11.0 Å². The molecule has 4 rings (SSSR count). The van der Waals surface area contributed by atoms with Crippen molar-refractivity contribution in [3.8, 4) is 11.1 Å². The summed E-state index contributed by atoms with van der Waals surface area (Å²) in [4.78, 5) is 10.4. The van der Waals surface area contributed by atoms with Crippen LogP contribution in [0.2, 0.25) is 0 Å². The van der Waals surface area contributed by atoms with E-state index < -0.39 is 0 Å². The highest BCUT2D eigenvalue weighted by molar-refractivity contribution is 5.93. The number of aromatic nitrogens is 4. The summed E-state index contributed by atoms with van der Waals surface area (Å²) in [5.41, 5.74) is 4.63. The quantitative estimate of drug-likeness (QED) is 0.724. The van der Waals surface area contributed by atoms with Crippen LogP contribution in [0.1, 0.15) is 37.2 Å². The van der Waals surface area contributed by atoms with Gasteiger partial charge in [-0.1, -0.05) is 0 Å². The van der Waals surface area contributed by atoms with Gasteiger partial charge in [0.1, 0.15) is 5.65 Å². The van der Waals surface area contributed by atoms with E-state index in [0.717, 1.165) is 24.4 Å². The standard InChI is InChI=1S/C21H29N5O/c1-25(8-9-27-3)18-6-4-15(5-7-18)16-10-19-20(13-23-21(19)22-11-16)17-12-24-26(2)14-17/h10-15,18H,4-9H2,1-3H3,(H,22,23)/t15-,18-. The van der Waals surface area contributed by atoms with Gasteiger partial charge >= 0.3 is 0 Å². The number of aromatic amines is 1. The number of pyridine rings is 1. The molecule has 27 heavy (non-hydrogen) atoms. The van der Waals surface area contributed by atoms with Gasteiger partial charge in [0, 0.05) is 61.8 Å². The fourth-order valence-electron chi connectivity index (χ4n) is 4.31. The molecule has 144 valence electrons. The van der Waals surface area contributed by atoms with E-state index in [0.29, 0.717) is 12.0 Å². The molecule has 1 saturated carbocycles. The zero-order chi connectivity index (χ0) is 18.8. The first kappa shape index (κ1) is 18.2. The Bertz CT molecular complexity index is 891. The fourth-order valence-corrected chi connectivity index (χ4v) is 4.31. The molecule has 0 atom stereocenters. The number of nitrogens with zero attached hydrogens (tertiary/aromatic N) is 4. The molecule has 1 aliphatic rings. The SMILES string of the molecule is COCCN(C)[C@H]1CC[C@H](c2cnc3[nH]cc(-c4cnn(C)c4)c3c2)CC1. The summed E-state index contributed by atoms with van der Waals surface area (Å²) in [6, 6.07) is 3.01. The summed E-state index contributed by atoms with van der Waals surface area (Å²) in [7, 11) is 5.94. The van der Waals surface area contributed by atoms with Crippen LogP contribution in [0.25, 0.3) is 22.2 Å². The first-order valence-electron chi connectivity index (χ1n) is 9.81. The number of methoxy groups -OCH3 is 1. The normalized spacial score (nSPS) is 20.6. The third kappa shape index (κ3) is 3.77. The van der Waals surface area contributed by atoms with Crippen LogP contribution in [-0.4, -0.2) is 58.0 Å². The van der Waals surface area contributed by atoms with E-state index >= 15 is 0 Å². The van der Waals surface area contributed by atoms with Crippen LogP contribution < -0.4 is 0 Å². The Balaban J connectivity index is 1.50. The van der Waals surface area contributed by atoms with E-state index in [9.17, 15) is 0 Å². The number of H-pyrrole nitrogens is 1. The lowest BCUT2D eigenvalue weighted by atomic mass is 9.81. The van der Waals surface area contributed by atoms with Crippen molar-refractivity contribution in [1.82, 2.24) is 24.6 Å². The minimum atomic E-state index is 0.602. The molecule has 1 N–H and O–H groups in total. The maximum Gasteiger partial charge on any atom is 0.137 e. The average Bonchev–Trinajstić information content (AvgIpc) is 3.31. The second-order valence-electron chi connectivity index (χ2n) is 7.75. The minimum Gasteiger partial charge on any atom is -0.383 e. The smallest absolute Gasteiger partial charge is 0.137 e. The van der Waals surface area contributed by atoms with Gasteiger partial charge in [-0.3, -0.25) is 4.68 Å². The van der Waals surface area contributed by atoms with Gasteiger partial charge in [-0.25, -0.2) is 4.98 Å². The van der Waals surface area contributed by atoms with Crippen molar-refractivity contribution in [3.05, 3.63) is 36.4 Å². The van der Waals surface area contributed by atoms with Gasteiger partial charge in [0.25, 0.3) is 0 Å². The first-order valence-corrected chi connectivity index (χ1v) is 9.81. The van der Waals surface area contributed by atoms with Crippen LogP contribution in [0.15, 0.2) is 30.9 Å². The van der Waals surface area contributed by atoms with Gasteiger partial charge in [-0.2, -0.15) is 5.10 Å². The molecule has 0 aromatic carbocycles. The summed E-state index contributed by atoms with van der Waals surface area (Å²) in [6.45, 7) is 1.82. The lowest BCUT2D eigenvalue weighted by Crippen LogP contribution is -2.36. The molecule has 3 aromatic rings. The topological polar surface area (TPSA) is 59.0 Å². The third-order valence-electron chi connectivity index (χ3n) is 6.01. The second kappa shape index (κ2) is 7.82. The number of hydrogen-bond donors (Lipinski definition) is 1. The van der Waals surface area contributed by atoms with Crippen molar-refractivity contribution in [2.45, 2.75) is 37.6 Å². The number of nitrogens with one attached hydrogen (secondary N) is 1. The van der Waals surface area contributed by atoms with Crippen LogP contribution in [-0.2, 0) is 11.8 Å². The molecular formula is C21H29N5O. The predicted molar refractivity (Wildman–Crippen MR) is 108 cm³/mol. The highest BCUT2D eigenvalue weighted by atomic mass is 16.5. The van der Waals surface area contributed by atoms with Crippen molar-refractivity contribution in [2.24, 2.45) is 7.05 Å². The fraction of sp³-hybridized carbons (Fsp3) is 0.524. The Labute approximate surface area is 160 Å². The van der Waals surface area contributed by atoms with Gasteiger partial charge in [-0.05, 0) is 50.3 Å². The van der Waals surface area contributed by atoms with Crippen molar-refractivity contribution in [2.75, 3.05) is 27.3 Å². The number of ether oxygens (including phenoxy) is 1. The Morgan fingerprint density at radius 3 is 2.78 bits per heavy atom. The van der Waals surface area contributed by atoms with Crippen molar-refractivity contribution in [3.63, 3.8) is 0 Å². The molecule has 0 radical (unpaired) electrons. The summed E-state index contributed by atoms with van der Waals surface area (Å²) >= 11 is 0. The van der Waals surface area contributed by atoms with Crippen molar-refractivity contribution in [1.29, 1.82) is 0 Å². The summed E-state index contributed by atoms with van der Waals surface area (Å²) in [5, 5.41) is 5.50.